The molecule has 136 valence electrons. The SMILES string of the molecule is Cc1ccc(NC(=O)[C@H](C)OC(=O)c2ccc3c(c2)CCCC3)c(C)c1. The fourth-order valence-electron chi connectivity index (χ4n) is 3.33. The first-order chi connectivity index (χ1) is 12.4. The summed E-state index contributed by atoms with van der Waals surface area (Å²) in [5.74, 6) is -0.787. The Morgan fingerprint density at radius 2 is 1.73 bits per heavy atom. The van der Waals surface area contributed by atoms with Crippen LogP contribution in [0.4, 0.5) is 5.69 Å². The maximum Gasteiger partial charge on any atom is 0.338 e. The summed E-state index contributed by atoms with van der Waals surface area (Å²) >= 11 is 0. The summed E-state index contributed by atoms with van der Waals surface area (Å²) in [6.45, 7) is 5.53. The maximum atomic E-state index is 12.4. The molecule has 0 saturated carbocycles. The minimum absolute atomic E-state index is 0.330. The third-order valence-electron chi connectivity index (χ3n) is 4.88. The Bertz CT molecular complexity index is 841. The van der Waals surface area contributed by atoms with Gasteiger partial charge in [0.2, 0.25) is 0 Å². The van der Waals surface area contributed by atoms with Crippen molar-refractivity contribution in [3.63, 3.8) is 0 Å². The van der Waals surface area contributed by atoms with Crippen LogP contribution in [0.5, 0.6) is 0 Å². The van der Waals surface area contributed by atoms with Crippen molar-refractivity contribution >= 4 is 17.6 Å². The Kier molecular flexibility index (Phi) is 5.40. The first-order valence-corrected chi connectivity index (χ1v) is 9.15. The van der Waals surface area contributed by atoms with Crippen molar-refractivity contribution in [3.8, 4) is 0 Å². The summed E-state index contributed by atoms with van der Waals surface area (Å²) < 4.78 is 5.37. The van der Waals surface area contributed by atoms with Crippen LogP contribution in [0.3, 0.4) is 0 Å². The molecule has 2 aromatic rings. The molecule has 26 heavy (non-hydrogen) atoms. The lowest BCUT2D eigenvalue weighted by atomic mass is 9.90. The number of aryl methyl sites for hydroxylation is 4. The second-order valence-corrected chi connectivity index (χ2v) is 7.05. The fourth-order valence-corrected chi connectivity index (χ4v) is 3.33. The van der Waals surface area contributed by atoms with Crippen LogP contribution >= 0.6 is 0 Å². The second kappa shape index (κ2) is 7.73. The van der Waals surface area contributed by atoms with E-state index in [1.54, 1.807) is 13.0 Å². The quantitative estimate of drug-likeness (QED) is 0.833. The van der Waals surface area contributed by atoms with Gasteiger partial charge >= 0.3 is 5.97 Å². The molecule has 2 aromatic carbocycles. The van der Waals surface area contributed by atoms with E-state index in [9.17, 15) is 9.59 Å². The zero-order valence-electron chi connectivity index (χ0n) is 15.6. The van der Waals surface area contributed by atoms with Gasteiger partial charge < -0.3 is 10.1 Å². The van der Waals surface area contributed by atoms with Crippen molar-refractivity contribution in [2.45, 2.75) is 52.6 Å². The molecular formula is C22H25NO3. The first kappa shape index (κ1) is 18.2. The number of benzene rings is 2. The van der Waals surface area contributed by atoms with Crippen molar-refractivity contribution < 1.29 is 14.3 Å². The van der Waals surface area contributed by atoms with E-state index in [-0.39, 0.29) is 5.91 Å². The van der Waals surface area contributed by atoms with Crippen LogP contribution in [-0.2, 0) is 22.4 Å². The predicted octanol–water partition coefficient (Wildman–Crippen LogP) is 4.37. The van der Waals surface area contributed by atoms with Crippen molar-refractivity contribution in [2.75, 3.05) is 5.32 Å². The predicted molar refractivity (Wildman–Crippen MR) is 103 cm³/mol. The number of hydrogen-bond donors (Lipinski definition) is 1. The molecule has 0 fully saturated rings. The number of ether oxygens (including phenoxy) is 1. The largest absolute Gasteiger partial charge is 0.449 e. The van der Waals surface area contributed by atoms with Gasteiger partial charge in [-0.15, -0.1) is 0 Å². The smallest absolute Gasteiger partial charge is 0.338 e. The average molecular weight is 351 g/mol. The van der Waals surface area contributed by atoms with E-state index in [0.29, 0.717) is 5.56 Å². The van der Waals surface area contributed by atoms with Gasteiger partial charge in [0.15, 0.2) is 6.10 Å². The Morgan fingerprint density at radius 3 is 2.46 bits per heavy atom. The highest BCUT2D eigenvalue weighted by molar-refractivity contribution is 5.97. The summed E-state index contributed by atoms with van der Waals surface area (Å²) in [5, 5.41) is 2.83. The molecule has 0 bridgehead atoms. The number of carbonyl (C=O) groups excluding carboxylic acids is 2. The molecule has 1 aliphatic rings. The maximum absolute atomic E-state index is 12.4. The molecule has 1 aliphatic carbocycles. The van der Waals surface area contributed by atoms with Crippen LogP contribution in [0.15, 0.2) is 36.4 Å². The average Bonchev–Trinajstić information content (AvgIpc) is 2.63. The van der Waals surface area contributed by atoms with E-state index in [0.717, 1.165) is 36.1 Å². The van der Waals surface area contributed by atoms with Crippen LogP contribution < -0.4 is 5.32 Å². The van der Waals surface area contributed by atoms with Gasteiger partial charge in [0.05, 0.1) is 5.56 Å². The Balaban J connectivity index is 1.64. The summed E-state index contributed by atoms with van der Waals surface area (Å²) in [4.78, 5) is 24.8. The molecule has 4 heteroatoms. The molecule has 0 heterocycles. The third kappa shape index (κ3) is 4.13. The Morgan fingerprint density at radius 1 is 1.00 bits per heavy atom. The summed E-state index contributed by atoms with van der Waals surface area (Å²) in [6.07, 6.45) is 3.56. The van der Waals surface area contributed by atoms with Crippen LogP contribution in [0.1, 0.15) is 52.4 Å². The molecule has 3 rings (SSSR count). The second-order valence-electron chi connectivity index (χ2n) is 7.05. The van der Waals surface area contributed by atoms with E-state index in [1.807, 2.05) is 44.2 Å². The van der Waals surface area contributed by atoms with Gasteiger partial charge in [-0.1, -0.05) is 23.8 Å². The van der Waals surface area contributed by atoms with Crippen molar-refractivity contribution in [3.05, 3.63) is 64.2 Å². The number of hydrogen-bond acceptors (Lipinski definition) is 3. The van der Waals surface area contributed by atoms with E-state index >= 15 is 0 Å². The highest BCUT2D eigenvalue weighted by Gasteiger charge is 2.20. The van der Waals surface area contributed by atoms with Crippen LogP contribution in [0.2, 0.25) is 0 Å². The van der Waals surface area contributed by atoms with Gasteiger partial charge in [-0.05, 0) is 81.3 Å². The van der Waals surface area contributed by atoms with Gasteiger partial charge in [-0.25, -0.2) is 4.79 Å². The Hall–Kier alpha value is -2.62. The number of fused-ring (bicyclic) bond motifs is 1. The van der Waals surface area contributed by atoms with Crippen molar-refractivity contribution in [1.29, 1.82) is 0 Å². The number of esters is 1. The minimum atomic E-state index is -0.862. The van der Waals surface area contributed by atoms with E-state index in [1.165, 1.54) is 17.5 Å². The normalized spacial score (nSPS) is 14.3. The molecule has 1 N–H and O–H groups in total. The van der Waals surface area contributed by atoms with Crippen molar-refractivity contribution in [2.24, 2.45) is 0 Å². The van der Waals surface area contributed by atoms with Crippen LogP contribution in [0, 0.1) is 13.8 Å². The topological polar surface area (TPSA) is 55.4 Å². The number of carbonyl (C=O) groups is 2. The highest BCUT2D eigenvalue weighted by Crippen LogP contribution is 2.23. The molecule has 0 saturated heterocycles. The molecule has 0 aromatic heterocycles. The van der Waals surface area contributed by atoms with Crippen LogP contribution in [-0.4, -0.2) is 18.0 Å². The van der Waals surface area contributed by atoms with E-state index in [4.69, 9.17) is 4.74 Å². The molecule has 4 nitrogen and oxygen atoms in total. The lowest BCUT2D eigenvalue weighted by molar-refractivity contribution is -0.123. The molecule has 1 amide bonds. The van der Waals surface area contributed by atoms with Gasteiger partial charge in [-0.2, -0.15) is 0 Å². The molecule has 0 aliphatic heterocycles. The number of nitrogens with one attached hydrogen (secondary N) is 1. The van der Waals surface area contributed by atoms with Gasteiger partial charge in [0, 0.05) is 5.69 Å². The lowest BCUT2D eigenvalue weighted by Crippen LogP contribution is -2.30. The first-order valence-electron chi connectivity index (χ1n) is 9.15. The monoisotopic (exact) mass is 351 g/mol. The molecule has 0 spiro atoms. The van der Waals surface area contributed by atoms with Crippen molar-refractivity contribution in [1.82, 2.24) is 0 Å². The zero-order valence-corrected chi connectivity index (χ0v) is 15.6. The highest BCUT2D eigenvalue weighted by atomic mass is 16.5. The molecule has 0 unspecified atom stereocenters. The van der Waals surface area contributed by atoms with E-state index in [2.05, 4.69) is 5.32 Å². The zero-order chi connectivity index (χ0) is 18.7. The van der Waals surface area contributed by atoms with Gasteiger partial charge in [0.25, 0.3) is 5.91 Å². The number of rotatable bonds is 4. The number of amides is 1. The van der Waals surface area contributed by atoms with Gasteiger partial charge in [-0.3, -0.25) is 4.79 Å². The van der Waals surface area contributed by atoms with Gasteiger partial charge in [0.1, 0.15) is 0 Å². The Labute approximate surface area is 154 Å². The summed E-state index contributed by atoms with van der Waals surface area (Å²) in [6, 6.07) is 11.5. The molecule has 0 radical (unpaired) electrons. The standard InChI is InChI=1S/C22H25NO3/c1-14-8-11-20(15(2)12-14)23-21(24)16(3)26-22(25)19-10-9-17-6-4-5-7-18(17)13-19/h8-13,16H,4-7H2,1-3H3,(H,23,24)/t16-/m0/s1. The van der Waals surface area contributed by atoms with Crippen LogP contribution in [0.25, 0.3) is 0 Å². The fraction of sp³-hybridized carbons (Fsp3) is 0.364. The molecular weight excluding hydrogens is 326 g/mol. The summed E-state index contributed by atoms with van der Waals surface area (Å²) in [5.41, 5.74) is 5.89. The minimum Gasteiger partial charge on any atom is -0.449 e. The number of anilines is 1. The molecule has 1 atom stereocenters. The lowest BCUT2D eigenvalue weighted by Gasteiger charge is -2.18. The van der Waals surface area contributed by atoms with E-state index < -0.39 is 12.1 Å². The third-order valence-corrected chi connectivity index (χ3v) is 4.88. The summed E-state index contributed by atoms with van der Waals surface area (Å²) in [7, 11) is 0.